The lowest BCUT2D eigenvalue weighted by Crippen LogP contribution is -2.37. The predicted octanol–water partition coefficient (Wildman–Crippen LogP) is 1.35. The third kappa shape index (κ3) is 4.21. The summed E-state index contributed by atoms with van der Waals surface area (Å²) in [5.41, 5.74) is 8.26. The van der Waals surface area contributed by atoms with Gasteiger partial charge in [0.25, 0.3) is 5.56 Å². The normalized spacial score (nSPS) is 15.7. The molecule has 2 N–H and O–H groups in total. The van der Waals surface area contributed by atoms with Gasteiger partial charge in [0.15, 0.2) is 0 Å². The van der Waals surface area contributed by atoms with Crippen LogP contribution in [0.5, 0.6) is 0 Å². The summed E-state index contributed by atoms with van der Waals surface area (Å²) in [5, 5.41) is 0. The van der Waals surface area contributed by atoms with Gasteiger partial charge in [-0.15, -0.1) is 0 Å². The molecule has 0 unspecified atom stereocenters. The Hall–Kier alpha value is -2.11. The highest BCUT2D eigenvalue weighted by atomic mass is 16.5. The van der Waals surface area contributed by atoms with E-state index < -0.39 is 0 Å². The van der Waals surface area contributed by atoms with Crippen LogP contribution >= 0.6 is 0 Å². The first-order valence-corrected chi connectivity index (χ1v) is 8.05. The van der Waals surface area contributed by atoms with E-state index in [9.17, 15) is 4.79 Å². The Morgan fingerprint density at radius 2 is 1.87 bits per heavy atom. The highest BCUT2D eigenvalue weighted by Crippen LogP contribution is 2.09. The molecule has 3 rings (SSSR count). The molecule has 0 bridgehead atoms. The zero-order valence-electron chi connectivity index (χ0n) is 13.3. The predicted molar refractivity (Wildman–Crippen MR) is 91.6 cm³/mol. The quantitative estimate of drug-likeness (QED) is 0.905. The zero-order valence-corrected chi connectivity index (χ0v) is 13.3. The Kier molecular flexibility index (Phi) is 5.10. The van der Waals surface area contributed by atoms with Gasteiger partial charge in [0.2, 0.25) is 0 Å². The van der Waals surface area contributed by atoms with Crippen LogP contribution in [0.4, 0.5) is 5.69 Å². The van der Waals surface area contributed by atoms with E-state index in [1.807, 2.05) is 6.07 Å². The van der Waals surface area contributed by atoms with Crippen molar-refractivity contribution in [1.82, 2.24) is 9.47 Å². The maximum Gasteiger partial charge on any atom is 0.273 e. The number of aromatic nitrogens is 1. The van der Waals surface area contributed by atoms with Crippen LogP contribution < -0.4 is 11.3 Å². The fraction of sp³-hybridized carbons (Fsp3) is 0.389. The zero-order chi connectivity index (χ0) is 16.1. The van der Waals surface area contributed by atoms with Crippen LogP contribution in [0.3, 0.4) is 0 Å². The molecule has 0 amide bonds. The number of hydrogen-bond acceptors (Lipinski definition) is 4. The minimum absolute atomic E-state index is 0.133. The lowest BCUT2D eigenvalue weighted by Gasteiger charge is -2.26. The molecule has 1 fully saturated rings. The summed E-state index contributed by atoms with van der Waals surface area (Å²) in [5.74, 6) is 0. The number of nitrogen functional groups attached to an aromatic ring is 1. The van der Waals surface area contributed by atoms with E-state index in [-0.39, 0.29) is 11.2 Å². The molecule has 1 aliphatic heterocycles. The minimum Gasteiger partial charge on any atom is -0.394 e. The van der Waals surface area contributed by atoms with E-state index in [1.165, 1.54) is 5.56 Å². The van der Waals surface area contributed by atoms with E-state index in [2.05, 4.69) is 23.1 Å². The summed E-state index contributed by atoms with van der Waals surface area (Å²) in [4.78, 5) is 14.4. The molecule has 2 aromatic rings. The minimum atomic E-state index is -0.133. The summed E-state index contributed by atoms with van der Waals surface area (Å²) in [6.45, 7) is 5.29. The molecule has 23 heavy (non-hydrogen) atoms. The Bertz CT molecular complexity index is 705. The largest absolute Gasteiger partial charge is 0.394 e. The van der Waals surface area contributed by atoms with E-state index >= 15 is 0 Å². The number of rotatable bonds is 5. The molecule has 1 aromatic heterocycles. The molecule has 1 aliphatic rings. The maximum absolute atomic E-state index is 12.0. The van der Waals surface area contributed by atoms with E-state index in [0.29, 0.717) is 6.54 Å². The Morgan fingerprint density at radius 1 is 1.09 bits per heavy atom. The van der Waals surface area contributed by atoms with E-state index in [0.717, 1.165) is 44.8 Å². The molecular weight excluding hydrogens is 290 g/mol. The van der Waals surface area contributed by atoms with Gasteiger partial charge in [-0.25, -0.2) is 0 Å². The van der Waals surface area contributed by atoms with Crippen LogP contribution in [-0.4, -0.2) is 42.3 Å². The highest BCUT2D eigenvalue weighted by Gasteiger charge is 2.10. The summed E-state index contributed by atoms with van der Waals surface area (Å²) in [6, 6.07) is 11.9. The van der Waals surface area contributed by atoms with Crippen molar-refractivity contribution in [3.05, 3.63) is 64.1 Å². The van der Waals surface area contributed by atoms with Crippen LogP contribution in [0.2, 0.25) is 0 Å². The first-order chi connectivity index (χ1) is 11.2. The van der Waals surface area contributed by atoms with Crippen molar-refractivity contribution in [3.8, 4) is 0 Å². The van der Waals surface area contributed by atoms with Gasteiger partial charge in [-0.3, -0.25) is 9.69 Å². The molecule has 0 atom stereocenters. The number of morpholine rings is 1. The molecule has 0 aliphatic carbocycles. The number of benzene rings is 1. The van der Waals surface area contributed by atoms with Crippen molar-refractivity contribution >= 4 is 5.69 Å². The van der Waals surface area contributed by atoms with Gasteiger partial charge in [-0.05, 0) is 29.7 Å². The average molecular weight is 313 g/mol. The molecule has 5 nitrogen and oxygen atoms in total. The van der Waals surface area contributed by atoms with Crippen molar-refractivity contribution in [1.29, 1.82) is 0 Å². The molecule has 1 aromatic carbocycles. The third-order valence-corrected chi connectivity index (χ3v) is 4.21. The van der Waals surface area contributed by atoms with Crippen LogP contribution in [0.1, 0.15) is 11.1 Å². The Balaban J connectivity index is 1.65. The van der Waals surface area contributed by atoms with E-state index in [4.69, 9.17) is 10.5 Å². The van der Waals surface area contributed by atoms with Crippen molar-refractivity contribution in [2.75, 3.05) is 38.6 Å². The van der Waals surface area contributed by atoms with Crippen LogP contribution in [0, 0.1) is 0 Å². The first kappa shape index (κ1) is 15.8. The Labute approximate surface area is 136 Å². The summed E-state index contributed by atoms with van der Waals surface area (Å²) >= 11 is 0. The number of nitrogens with two attached hydrogens (primary N) is 1. The van der Waals surface area contributed by atoms with E-state index in [1.54, 1.807) is 22.9 Å². The standard InChI is InChI=1S/C18H23N3O2/c19-17-5-2-7-21(18(17)22)14-16-4-1-3-15(13-16)6-8-20-9-11-23-12-10-20/h1-5,7,13H,6,8-12,14,19H2. The van der Waals surface area contributed by atoms with Gasteiger partial charge in [0, 0.05) is 25.8 Å². The van der Waals surface area contributed by atoms with Gasteiger partial charge in [-0.1, -0.05) is 24.3 Å². The fourth-order valence-corrected chi connectivity index (χ4v) is 2.87. The summed E-state index contributed by atoms with van der Waals surface area (Å²) in [7, 11) is 0. The number of pyridine rings is 1. The molecule has 2 heterocycles. The van der Waals surface area contributed by atoms with Crippen LogP contribution in [-0.2, 0) is 17.7 Å². The molecule has 122 valence electrons. The number of anilines is 1. The lowest BCUT2D eigenvalue weighted by atomic mass is 10.1. The number of hydrogen-bond donors (Lipinski definition) is 1. The maximum atomic E-state index is 12.0. The molecule has 5 heteroatoms. The van der Waals surface area contributed by atoms with Crippen LogP contribution in [0.25, 0.3) is 0 Å². The third-order valence-electron chi connectivity index (χ3n) is 4.21. The van der Waals surface area contributed by atoms with Gasteiger partial charge in [-0.2, -0.15) is 0 Å². The fourth-order valence-electron chi connectivity index (χ4n) is 2.87. The topological polar surface area (TPSA) is 60.5 Å². The van der Waals surface area contributed by atoms with Gasteiger partial charge >= 0.3 is 0 Å². The Morgan fingerprint density at radius 3 is 2.70 bits per heavy atom. The number of ether oxygens (including phenoxy) is 1. The highest BCUT2D eigenvalue weighted by molar-refractivity contribution is 5.34. The van der Waals surface area contributed by atoms with Gasteiger partial charge in [0.05, 0.1) is 25.4 Å². The lowest BCUT2D eigenvalue weighted by molar-refractivity contribution is 0.0384. The molecule has 0 radical (unpaired) electrons. The molecule has 0 saturated carbocycles. The smallest absolute Gasteiger partial charge is 0.273 e. The van der Waals surface area contributed by atoms with Gasteiger partial charge in [0.1, 0.15) is 0 Å². The molecule has 0 spiro atoms. The number of nitrogens with zero attached hydrogens (tertiary/aromatic N) is 2. The van der Waals surface area contributed by atoms with Crippen molar-refractivity contribution < 1.29 is 4.74 Å². The second-order valence-electron chi connectivity index (χ2n) is 5.92. The van der Waals surface area contributed by atoms with Crippen molar-refractivity contribution in [2.24, 2.45) is 0 Å². The second-order valence-corrected chi connectivity index (χ2v) is 5.92. The SMILES string of the molecule is Nc1cccn(Cc2cccc(CCN3CCOCC3)c2)c1=O. The second kappa shape index (κ2) is 7.44. The monoisotopic (exact) mass is 313 g/mol. The summed E-state index contributed by atoms with van der Waals surface area (Å²) < 4.78 is 7.02. The average Bonchev–Trinajstić information content (AvgIpc) is 2.59. The van der Waals surface area contributed by atoms with Crippen molar-refractivity contribution in [2.45, 2.75) is 13.0 Å². The van der Waals surface area contributed by atoms with Gasteiger partial charge < -0.3 is 15.0 Å². The summed E-state index contributed by atoms with van der Waals surface area (Å²) in [6.07, 6.45) is 2.79. The first-order valence-electron chi connectivity index (χ1n) is 8.05. The van der Waals surface area contributed by atoms with Crippen LogP contribution in [0.15, 0.2) is 47.4 Å². The van der Waals surface area contributed by atoms with Crippen molar-refractivity contribution in [3.63, 3.8) is 0 Å². The molecular formula is C18H23N3O2. The molecule has 1 saturated heterocycles.